The van der Waals surface area contributed by atoms with E-state index in [1.165, 1.54) is 12.8 Å². The van der Waals surface area contributed by atoms with Crippen LogP contribution in [-0.4, -0.2) is 0 Å². The predicted molar refractivity (Wildman–Crippen MR) is 53.1 cm³/mol. The van der Waals surface area contributed by atoms with Gasteiger partial charge in [0.25, 0.3) is 0 Å². The molecule has 0 N–H and O–H groups in total. The van der Waals surface area contributed by atoms with Crippen LogP contribution in [0.2, 0.25) is 0 Å². The first kappa shape index (κ1) is 6.64. The highest BCUT2D eigenvalue weighted by Crippen LogP contribution is 2.68. The van der Waals surface area contributed by atoms with Crippen LogP contribution in [0.1, 0.15) is 41.5 Å². The highest BCUT2D eigenvalue weighted by atomic mass is 14.6. The largest absolute Gasteiger partial charge is 0.0616 e. The summed E-state index contributed by atoms with van der Waals surface area (Å²) in [7, 11) is 0. The highest BCUT2D eigenvalue weighted by Gasteiger charge is 2.61. The summed E-state index contributed by atoms with van der Waals surface area (Å²) >= 11 is 0. The Kier molecular flexibility index (Phi) is 0.808. The van der Waals surface area contributed by atoms with Gasteiger partial charge in [-0.05, 0) is 53.9 Å². The molecule has 0 heterocycles. The van der Waals surface area contributed by atoms with Crippen LogP contribution < -0.4 is 0 Å². The maximum absolute atomic E-state index is 2.49. The van der Waals surface area contributed by atoms with Crippen LogP contribution >= 0.6 is 0 Å². The SMILES string of the molecule is Cc1c2cc3cc1C1CC(C)C31C2. The van der Waals surface area contributed by atoms with Gasteiger partial charge in [-0.15, -0.1) is 0 Å². The minimum absolute atomic E-state index is 0.615. The van der Waals surface area contributed by atoms with E-state index in [2.05, 4.69) is 26.0 Å². The standard InChI is InChI=1S/C13H14/c1-7-3-12-11-5-10-4-9(8(11)2)6-13(7,10)12/h4-5,7,12H,3,6H2,1-2H3. The summed E-state index contributed by atoms with van der Waals surface area (Å²) in [5, 5.41) is 0. The first-order valence-corrected chi connectivity index (χ1v) is 5.37. The molecule has 66 valence electrons. The van der Waals surface area contributed by atoms with E-state index in [-0.39, 0.29) is 0 Å². The Hall–Kier alpha value is -0.780. The van der Waals surface area contributed by atoms with E-state index in [1.54, 1.807) is 22.3 Å². The summed E-state index contributed by atoms with van der Waals surface area (Å²) in [6.45, 7) is 4.75. The topological polar surface area (TPSA) is 0 Å². The fourth-order valence-corrected chi connectivity index (χ4v) is 4.17. The third-order valence-corrected chi connectivity index (χ3v) is 5.04. The average Bonchev–Trinajstić information content (AvgIpc) is 2.53. The molecule has 1 aromatic carbocycles. The normalized spacial score (nSPS) is 42.3. The maximum Gasteiger partial charge on any atom is 0.00882 e. The van der Waals surface area contributed by atoms with Crippen molar-refractivity contribution in [1.82, 2.24) is 0 Å². The molecular weight excluding hydrogens is 156 g/mol. The van der Waals surface area contributed by atoms with E-state index >= 15 is 0 Å². The van der Waals surface area contributed by atoms with Gasteiger partial charge in [-0.1, -0.05) is 19.1 Å². The fraction of sp³-hybridized carbons (Fsp3) is 0.538. The molecule has 0 amide bonds. The van der Waals surface area contributed by atoms with Crippen molar-refractivity contribution in [3.8, 4) is 0 Å². The number of benzene rings is 1. The Labute approximate surface area is 79.0 Å². The van der Waals surface area contributed by atoms with Gasteiger partial charge in [0, 0.05) is 5.41 Å². The first-order chi connectivity index (χ1) is 6.23. The van der Waals surface area contributed by atoms with Crippen molar-refractivity contribution in [1.29, 1.82) is 0 Å². The molecule has 0 aromatic heterocycles. The molecule has 4 bridgehead atoms. The van der Waals surface area contributed by atoms with Gasteiger partial charge in [-0.3, -0.25) is 0 Å². The van der Waals surface area contributed by atoms with Crippen LogP contribution in [0.5, 0.6) is 0 Å². The molecule has 0 heteroatoms. The van der Waals surface area contributed by atoms with Crippen molar-refractivity contribution in [2.24, 2.45) is 5.92 Å². The Morgan fingerprint density at radius 1 is 1.38 bits per heavy atom. The second-order valence-corrected chi connectivity index (χ2v) is 5.26. The molecule has 1 fully saturated rings. The van der Waals surface area contributed by atoms with Crippen molar-refractivity contribution in [2.75, 3.05) is 0 Å². The van der Waals surface area contributed by atoms with Crippen molar-refractivity contribution in [3.63, 3.8) is 0 Å². The van der Waals surface area contributed by atoms with E-state index in [4.69, 9.17) is 0 Å². The lowest BCUT2D eigenvalue weighted by Crippen LogP contribution is -2.48. The molecule has 5 rings (SSSR count). The molecule has 3 atom stereocenters. The minimum Gasteiger partial charge on any atom is -0.0616 e. The molecule has 0 saturated heterocycles. The first-order valence-electron chi connectivity index (χ1n) is 5.37. The van der Waals surface area contributed by atoms with E-state index in [0.29, 0.717) is 5.41 Å². The molecule has 1 aromatic rings. The quantitative estimate of drug-likeness (QED) is 0.561. The number of hydrogen-bond acceptors (Lipinski definition) is 0. The highest BCUT2D eigenvalue weighted by molar-refractivity contribution is 5.61. The molecule has 4 aliphatic rings. The fourth-order valence-electron chi connectivity index (χ4n) is 4.17. The van der Waals surface area contributed by atoms with Crippen molar-refractivity contribution in [3.05, 3.63) is 34.4 Å². The van der Waals surface area contributed by atoms with Gasteiger partial charge in [-0.25, -0.2) is 0 Å². The van der Waals surface area contributed by atoms with Gasteiger partial charge < -0.3 is 0 Å². The molecule has 4 aliphatic carbocycles. The van der Waals surface area contributed by atoms with Gasteiger partial charge in [0.05, 0.1) is 0 Å². The average molecular weight is 170 g/mol. The molecule has 0 radical (unpaired) electrons. The van der Waals surface area contributed by atoms with Crippen molar-refractivity contribution in [2.45, 2.75) is 38.0 Å². The Morgan fingerprint density at radius 3 is 2.92 bits per heavy atom. The van der Waals surface area contributed by atoms with E-state index in [1.807, 2.05) is 0 Å². The molecular formula is C13H14. The number of rotatable bonds is 0. The van der Waals surface area contributed by atoms with Crippen LogP contribution in [0.15, 0.2) is 12.1 Å². The van der Waals surface area contributed by atoms with E-state index in [0.717, 1.165) is 11.8 Å². The van der Waals surface area contributed by atoms with Crippen LogP contribution in [0.4, 0.5) is 0 Å². The summed E-state index contributed by atoms with van der Waals surface area (Å²) in [5.74, 6) is 1.85. The third-order valence-electron chi connectivity index (χ3n) is 5.04. The van der Waals surface area contributed by atoms with Gasteiger partial charge in [0.2, 0.25) is 0 Å². The Balaban J connectivity index is 2.10. The monoisotopic (exact) mass is 170 g/mol. The lowest BCUT2D eigenvalue weighted by atomic mass is 9.50. The Morgan fingerprint density at radius 2 is 2.23 bits per heavy atom. The summed E-state index contributed by atoms with van der Waals surface area (Å²) < 4.78 is 0. The zero-order valence-corrected chi connectivity index (χ0v) is 8.22. The van der Waals surface area contributed by atoms with Crippen LogP contribution in [0, 0.1) is 12.8 Å². The number of hydrogen-bond donors (Lipinski definition) is 0. The molecule has 0 nitrogen and oxygen atoms in total. The van der Waals surface area contributed by atoms with Gasteiger partial charge in [-0.2, -0.15) is 0 Å². The third kappa shape index (κ3) is 0.446. The molecule has 3 unspecified atom stereocenters. The zero-order valence-electron chi connectivity index (χ0n) is 8.22. The molecule has 1 spiro atoms. The van der Waals surface area contributed by atoms with E-state index < -0.39 is 0 Å². The second kappa shape index (κ2) is 1.58. The smallest absolute Gasteiger partial charge is 0.00882 e. The van der Waals surface area contributed by atoms with Crippen molar-refractivity contribution < 1.29 is 0 Å². The Bertz CT molecular complexity index is 430. The molecule has 13 heavy (non-hydrogen) atoms. The second-order valence-electron chi connectivity index (χ2n) is 5.26. The summed E-state index contributed by atoms with van der Waals surface area (Å²) in [5.41, 5.74) is 7.23. The van der Waals surface area contributed by atoms with Crippen LogP contribution in [0.3, 0.4) is 0 Å². The summed E-state index contributed by atoms with van der Waals surface area (Å²) in [6, 6.07) is 4.95. The van der Waals surface area contributed by atoms with Gasteiger partial charge in [0.1, 0.15) is 0 Å². The maximum atomic E-state index is 2.49. The minimum atomic E-state index is 0.615. The molecule has 0 aliphatic heterocycles. The lowest BCUT2D eigenvalue weighted by Gasteiger charge is -2.53. The van der Waals surface area contributed by atoms with E-state index in [9.17, 15) is 0 Å². The van der Waals surface area contributed by atoms with Crippen LogP contribution in [-0.2, 0) is 11.8 Å². The summed E-state index contributed by atoms with van der Waals surface area (Å²) in [6.07, 6.45) is 2.80. The lowest BCUT2D eigenvalue weighted by molar-refractivity contribution is 0.106. The van der Waals surface area contributed by atoms with Crippen molar-refractivity contribution >= 4 is 0 Å². The van der Waals surface area contributed by atoms with Crippen LogP contribution in [0.25, 0.3) is 0 Å². The van der Waals surface area contributed by atoms with Gasteiger partial charge >= 0.3 is 0 Å². The summed E-state index contributed by atoms with van der Waals surface area (Å²) in [4.78, 5) is 0. The molecule has 1 saturated carbocycles. The van der Waals surface area contributed by atoms with Gasteiger partial charge in [0.15, 0.2) is 0 Å². The predicted octanol–water partition coefficient (Wildman–Crippen LogP) is 2.93. The zero-order chi connectivity index (χ0) is 8.79.